The Labute approximate surface area is 109 Å². The van der Waals surface area contributed by atoms with Crippen LogP contribution in [0.2, 0.25) is 0 Å². The summed E-state index contributed by atoms with van der Waals surface area (Å²) in [5.74, 6) is -0.449. The zero-order valence-electron chi connectivity index (χ0n) is 7.08. The lowest BCUT2D eigenvalue weighted by Crippen LogP contribution is -2.03. The predicted octanol–water partition coefficient (Wildman–Crippen LogP) is 3.13. The van der Waals surface area contributed by atoms with Crippen LogP contribution in [0.4, 0.5) is 4.39 Å². The van der Waals surface area contributed by atoms with Gasteiger partial charge in [0.2, 0.25) is 0 Å². The Morgan fingerprint density at radius 1 is 1.47 bits per heavy atom. The van der Waals surface area contributed by atoms with E-state index in [0.717, 1.165) is 3.97 Å². The minimum Gasteiger partial charge on any atom is -0.289 e. The fraction of sp³-hybridized carbons (Fsp3) is 0. The first-order chi connectivity index (χ1) is 7.00. The molecule has 0 aliphatic rings. The van der Waals surface area contributed by atoms with Crippen LogP contribution in [-0.2, 0) is 11.3 Å². The highest BCUT2D eigenvalue weighted by Gasteiger charge is 2.13. The van der Waals surface area contributed by atoms with E-state index >= 15 is 0 Å². The first-order valence-corrected chi connectivity index (χ1v) is 6.71. The van der Waals surface area contributed by atoms with E-state index in [4.69, 9.17) is 4.55 Å². The summed E-state index contributed by atoms with van der Waals surface area (Å²) < 4.78 is 35.5. The van der Waals surface area contributed by atoms with Crippen molar-refractivity contribution in [2.24, 2.45) is 0 Å². The molecule has 0 saturated carbocycles. The van der Waals surface area contributed by atoms with Gasteiger partial charge in [0.15, 0.2) is 0 Å². The largest absolute Gasteiger partial charge is 0.289 e. The third kappa shape index (κ3) is 1.97. The van der Waals surface area contributed by atoms with Crippen molar-refractivity contribution < 1.29 is 13.2 Å². The van der Waals surface area contributed by atoms with E-state index in [1.165, 1.54) is 12.1 Å². The minimum atomic E-state index is -2.18. The number of hydrogen-bond donors (Lipinski definition) is 1. The van der Waals surface area contributed by atoms with Crippen LogP contribution in [-0.4, -0.2) is 12.7 Å². The van der Waals surface area contributed by atoms with Crippen molar-refractivity contribution in [3.8, 4) is 0 Å². The topological polar surface area (TPSA) is 42.2 Å². The Morgan fingerprint density at radius 2 is 2.13 bits per heavy atom. The summed E-state index contributed by atoms with van der Waals surface area (Å²) in [6, 6.07) is 4.27. The maximum Gasteiger partial charge on any atom is 0.267 e. The summed E-state index contributed by atoms with van der Waals surface area (Å²) in [7, 11) is 0. The van der Waals surface area contributed by atoms with Gasteiger partial charge < -0.3 is 0 Å². The molecule has 0 aliphatic carbocycles. The molecule has 15 heavy (non-hydrogen) atoms. The van der Waals surface area contributed by atoms with Crippen LogP contribution in [0.25, 0.3) is 10.9 Å². The Bertz CT molecular complexity index is 571. The van der Waals surface area contributed by atoms with E-state index in [2.05, 4.69) is 15.9 Å². The molecule has 0 saturated heterocycles. The Morgan fingerprint density at radius 3 is 2.73 bits per heavy atom. The van der Waals surface area contributed by atoms with Gasteiger partial charge in [-0.15, -0.1) is 0 Å². The summed E-state index contributed by atoms with van der Waals surface area (Å²) in [5.41, 5.74) is 0.395. The molecule has 2 rings (SSSR count). The number of aromatic nitrogens is 1. The molecule has 1 atom stereocenters. The number of rotatable bonds is 1. The van der Waals surface area contributed by atoms with Gasteiger partial charge in [-0.25, -0.2) is 12.6 Å². The van der Waals surface area contributed by atoms with E-state index in [9.17, 15) is 8.60 Å². The van der Waals surface area contributed by atoms with Crippen LogP contribution in [0.15, 0.2) is 22.7 Å². The van der Waals surface area contributed by atoms with Crippen LogP contribution in [0.1, 0.15) is 0 Å². The van der Waals surface area contributed by atoms with Crippen LogP contribution >= 0.6 is 38.5 Å². The summed E-state index contributed by atoms with van der Waals surface area (Å²) in [4.78, 5) is 0. The molecule has 1 aromatic carbocycles. The number of benzene rings is 1. The molecule has 0 fully saturated rings. The summed E-state index contributed by atoms with van der Waals surface area (Å²) in [6.07, 6.45) is 0. The van der Waals surface area contributed by atoms with Crippen molar-refractivity contribution in [3.63, 3.8) is 0 Å². The maximum absolute atomic E-state index is 13.1. The van der Waals surface area contributed by atoms with Gasteiger partial charge >= 0.3 is 0 Å². The Balaban J connectivity index is 2.93. The first kappa shape index (κ1) is 11.5. The van der Waals surface area contributed by atoms with Crippen LogP contribution in [0.3, 0.4) is 0 Å². The molecule has 1 N–H and O–H groups in total. The second-order valence-electron chi connectivity index (χ2n) is 2.81. The molecule has 0 aliphatic heterocycles. The summed E-state index contributed by atoms with van der Waals surface area (Å²) in [6.45, 7) is 0. The molecule has 1 heterocycles. The van der Waals surface area contributed by atoms with Crippen molar-refractivity contribution >= 4 is 60.7 Å². The van der Waals surface area contributed by atoms with Gasteiger partial charge in [-0.1, -0.05) is 0 Å². The van der Waals surface area contributed by atoms with Crippen LogP contribution in [0.5, 0.6) is 0 Å². The highest BCUT2D eigenvalue weighted by atomic mass is 127. The number of fused-ring (bicyclic) bond motifs is 1. The van der Waals surface area contributed by atoms with Crippen molar-refractivity contribution in [2.45, 2.75) is 0 Å². The van der Waals surface area contributed by atoms with Crippen LogP contribution in [0, 0.1) is 9.52 Å². The lowest BCUT2D eigenvalue weighted by atomic mass is 10.2. The molecule has 0 bridgehead atoms. The average molecular weight is 404 g/mol. The lowest BCUT2D eigenvalue weighted by molar-refractivity contribution is 0.555. The van der Waals surface area contributed by atoms with Crippen molar-refractivity contribution in [2.75, 3.05) is 0 Å². The minimum absolute atomic E-state index is 0.395. The molecule has 0 amide bonds. The number of nitrogens with zero attached hydrogens (tertiary/aromatic N) is 1. The number of hydrogen-bond acceptors (Lipinski definition) is 1. The smallest absolute Gasteiger partial charge is 0.267 e. The lowest BCUT2D eigenvalue weighted by Gasteiger charge is -2.01. The van der Waals surface area contributed by atoms with Crippen LogP contribution < -0.4 is 0 Å². The summed E-state index contributed by atoms with van der Waals surface area (Å²) in [5, 5.41) is 0.711. The van der Waals surface area contributed by atoms with E-state index in [1.54, 1.807) is 6.07 Å². The number of halogens is 3. The van der Waals surface area contributed by atoms with Crippen molar-refractivity contribution in [3.05, 3.63) is 32.2 Å². The quantitative estimate of drug-likeness (QED) is 0.587. The van der Waals surface area contributed by atoms with Gasteiger partial charge in [0.25, 0.3) is 11.3 Å². The third-order valence-corrected chi connectivity index (χ3v) is 4.39. The van der Waals surface area contributed by atoms with E-state index in [-0.39, 0.29) is 0 Å². The zero-order valence-corrected chi connectivity index (χ0v) is 11.6. The Kier molecular flexibility index (Phi) is 3.15. The van der Waals surface area contributed by atoms with Crippen molar-refractivity contribution in [1.82, 2.24) is 3.97 Å². The molecule has 1 aromatic heterocycles. The normalized spacial score (nSPS) is 13.3. The van der Waals surface area contributed by atoms with Gasteiger partial charge in [-0.2, -0.15) is 0 Å². The van der Waals surface area contributed by atoms with Crippen molar-refractivity contribution in [1.29, 1.82) is 0 Å². The molecule has 3 nitrogen and oxygen atoms in total. The standard InChI is InChI=1S/C8H4BrFINO2S/c9-6-1-4(10)2-7-5(6)3-8(11)12(7)15(13)14/h1-3H,(H,13,14). The molecular formula is C8H4BrFINO2S. The second kappa shape index (κ2) is 4.11. The van der Waals surface area contributed by atoms with Gasteiger partial charge in [0.1, 0.15) is 5.82 Å². The van der Waals surface area contributed by atoms with Gasteiger partial charge in [-0.3, -0.25) is 4.55 Å². The zero-order chi connectivity index (χ0) is 11.2. The molecule has 2 aromatic rings. The van der Waals surface area contributed by atoms with Gasteiger partial charge in [0.05, 0.1) is 9.22 Å². The molecular weight excluding hydrogens is 400 g/mol. The van der Waals surface area contributed by atoms with E-state index < -0.39 is 17.1 Å². The van der Waals surface area contributed by atoms with Gasteiger partial charge in [0, 0.05) is 9.86 Å². The fourth-order valence-corrected chi connectivity index (χ4v) is 3.47. The predicted molar refractivity (Wildman–Crippen MR) is 68.5 cm³/mol. The first-order valence-electron chi connectivity index (χ1n) is 3.78. The average Bonchev–Trinajstić information content (AvgIpc) is 2.41. The highest BCUT2D eigenvalue weighted by Crippen LogP contribution is 2.29. The highest BCUT2D eigenvalue weighted by molar-refractivity contribution is 14.1. The maximum atomic E-state index is 13.1. The Hall–Kier alpha value is 0.01000. The van der Waals surface area contributed by atoms with E-state index in [1.807, 2.05) is 22.6 Å². The van der Waals surface area contributed by atoms with Gasteiger partial charge in [-0.05, 0) is 56.7 Å². The second-order valence-corrected chi connectivity index (χ2v) is 5.60. The third-order valence-electron chi connectivity index (χ3n) is 1.90. The molecule has 7 heteroatoms. The molecule has 0 radical (unpaired) electrons. The fourth-order valence-electron chi connectivity index (χ4n) is 1.33. The molecule has 0 spiro atoms. The SMILES string of the molecule is O=S(O)n1c(I)cc2c(Br)cc(F)cc21. The summed E-state index contributed by atoms with van der Waals surface area (Å²) >= 11 is 2.95. The molecule has 1 unspecified atom stereocenters. The molecule has 80 valence electrons. The monoisotopic (exact) mass is 403 g/mol. The van der Waals surface area contributed by atoms with E-state index in [0.29, 0.717) is 19.1 Å².